The van der Waals surface area contributed by atoms with E-state index >= 15 is 0 Å². The van der Waals surface area contributed by atoms with E-state index in [9.17, 15) is 0 Å². The Hall–Kier alpha value is -0.560. The molecule has 0 unspecified atom stereocenters. The van der Waals surface area contributed by atoms with E-state index in [1.807, 2.05) is 12.1 Å². The zero-order chi connectivity index (χ0) is 9.19. The van der Waals surface area contributed by atoms with Gasteiger partial charge in [0.1, 0.15) is 0 Å². The lowest BCUT2D eigenvalue weighted by Crippen LogP contribution is -2.09. The molecule has 1 radical (unpaired) electrons. The highest BCUT2D eigenvalue weighted by atomic mass is 32.1. The van der Waals surface area contributed by atoms with Gasteiger partial charge in [-0.1, -0.05) is 51.6 Å². The highest BCUT2D eigenvalue weighted by Gasteiger charge is 2.12. The van der Waals surface area contributed by atoms with Gasteiger partial charge in [0.25, 0.3) is 0 Å². The quantitative estimate of drug-likeness (QED) is 0.614. The molecule has 0 fully saturated rings. The normalized spacial score (nSPS) is 11.6. The van der Waals surface area contributed by atoms with Crippen molar-refractivity contribution in [1.82, 2.24) is 0 Å². The molecule has 0 aromatic heterocycles. The molecule has 0 N–H and O–H groups in total. The molecule has 1 rings (SSSR count). The molecule has 0 amide bonds. The van der Waals surface area contributed by atoms with Crippen LogP contribution in [0.3, 0.4) is 0 Å². The second-order valence-electron chi connectivity index (χ2n) is 4.35. The van der Waals surface area contributed by atoms with Gasteiger partial charge in [0.15, 0.2) is 0 Å². The van der Waals surface area contributed by atoms with Crippen molar-refractivity contribution in [3.05, 3.63) is 29.8 Å². The first-order valence-electron chi connectivity index (χ1n) is 4.24. The zero-order valence-corrected chi connectivity index (χ0v) is 8.74. The van der Waals surface area contributed by atoms with Gasteiger partial charge < -0.3 is 0 Å². The van der Waals surface area contributed by atoms with E-state index in [4.69, 9.17) is 12.6 Å². The summed E-state index contributed by atoms with van der Waals surface area (Å²) < 4.78 is 0. The third kappa shape index (κ3) is 2.82. The van der Waals surface area contributed by atoms with Crippen molar-refractivity contribution in [1.29, 1.82) is 0 Å². The summed E-state index contributed by atoms with van der Waals surface area (Å²) in [5, 5.41) is 0. The van der Waals surface area contributed by atoms with Crippen LogP contribution >= 0.6 is 12.6 Å². The Balaban J connectivity index is 2.83. The average molecular weight is 179 g/mol. The van der Waals surface area contributed by atoms with Crippen molar-refractivity contribution in [3.63, 3.8) is 0 Å². The molecule has 0 heterocycles. The van der Waals surface area contributed by atoms with E-state index in [2.05, 4.69) is 32.9 Å². The minimum Gasteiger partial charge on any atom is -0.0798 e. The second-order valence-corrected chi connectivity index (χ2v) is 4.78. The van der Waals surface area contributed by atoms with Crippen LogP contribution in [-0.2, 0) is 6.42 Å². The first-order chi connectivity index (χ1) is 5.49. The van der Waals surface area contributed by atoms with Gasteiger partial charge in [0.05, 0.1) is 0 Å². The maximum Gasteiger partial charge on any atom is 0.0409 e. The number of hydrogen-bond acceptors (Lipinski definition) is 0. The molecule has 1 aromatic carbocycles. The molecular weight excluding hydrogens is 164 g/mol. The Labute approximate surface area is 80.4 Å². The lowest BCUT2D eigenvalue weighted by molar-refractivity contribution is 0.408. The van der Waals surface area contributed by atoms with Crippen LogP contribution in [0.1, 0.15) is 26.3 Å². The fourth-order valence-corrected chi connectivity index (χ4v) is 1.44. The van der Waals surface area contributed by atoms with Crippen molar-refractivity contribution in [2.75, 3.05) is 0 Å². The van der Waals surface area contributed by atoms with Crippen molar-refractivity contribution >= 4 is 12.6 Å². The van der Waals surface area contributed by atoms with Crippen LogP contribution < -0.4 is 0 Å². The number of benzene rings is 1. The highest BCUT2D eigenvalue weighted by Crippen LogP contribution is 2.24. The van der Waals surface area contributed by atoms with E-state index in [0.29, 0.717) is 5.41 Å². The van der Waals surface area contributed by atoms with Gasteiger partial charge in [-0.3, -0.25) is 0 Å². The van der Waals surface area contributed by atoms with Gasteiger partial charge in [-0.15, -0.1) is 0 Å². The van der Waals surface area contributed by atoms with Crippen LogP contribution in [0.15, 0.2) is 29.2 Å². The maximum absolute atomic E-state index is 5.22. The van der Waals surface area contributed by atoms with E-state index < -0.39 is 0 Å². The Bertz CT molecular complexity index is 258. The molecule has 0 bridgehead atoms. The van der Waals surface area contributed by atoms with Crippen molar-refractivity contribution < 1.29 is 0 Å². The van der Waals surface area contributed by atoms with Crippen LogP contribution in [0.2, 0.25) is 0 Å². The average Bonchev–Trinajstić information content (AvgIpc) is 1.91. The largest absolute Gasteiger partial charge is 0.0798 e. The molecule has 1 aromatic rings. The summed E-state index contributed by atoms with van der Waals surface area (Å²) in [6, 6.07) is 8.16. The molecule has 0 atom stereocenters. The summed E-state index contributed by atoms with van der Waals surface area (Å²) in [5.41, 5.74) is 1.62. The van der Waals surface area contributed by atoms with Crippen LogP contribution in [-0.4, -0.2) is 0 Å². The van der Waals surface area contributed by atoms with Crippen LogP contribution in [0.25, 0.3) is 0 Å². The Kier molecular flexibility index (Phi) is 2.73. The molecule has 0 aliphatic rings. The predicted molar refractivity (Wildman–Crippen MR) is 55.5 cm³/mol. The van der Waals surface area contributed by atoms with E-state index in [0.717, 1.165) is 11.3 Å². The van der Waals surface area contributed by atoms with Gasteiger partial charge in [0, 0.05) is 4.90 Å². The smallest absolute Gasteiger partial charge is 0.0409 e. The summed E-state index contributed by atoms with van der Waals surface area (Å²) in [4.78, 5) is 0.993. The molecule has 1 heteroatoms. The number of hydrogen-bond donors (Lipinski definition) is 0. The Morgan fingerprint density at radius 1 is 1.17 bits per heavy atom. The fraction of sp³-hybridized carbons (Fsp3) is 0.455. The van der Waals surface area contributed by atoms with E-state index in [1.54, 1.807) is 0 Å². The summed E-state index contributed by atoms with van der Waals surface area (Å²) in [6.07, 6.45) is 1.06. The highest BCUT2D eigenvalue weighted by molar-refractivity contribution is 7.80. The monoisotopic (exact) mass is 179 g/mol. The molecule has 12 heavy (non-hydrogen) atoms. The summed E-state index contributed by atoms with van der Waals surface area (Å²) in [5.74, 6) is 0. The minimum absolute atomic E-state index is 0.328. The third-order valence-corrected chi connectivity index (χ3v) is 2.09. The molecule has 0 aliphatic carbocycles. The molecule has 0 spiro atoms. The van der Waals surface area contributed by atoms with E-state index in [-0.39, 0.29) is 0 Å². The minimum atomic E-state index is 0.328. The van der Waals surface area contributed by atoms with Crippen molar-refractivity contribution in [2.24, 2.45) is 5.41 Å². The third-order valence-electron chi connectivity index (χ3n) is 1.69. The zero-order valence-electron chi connectivity index (χ0n) is 7.92. The summed E-state index contributed by atoms with van der Waals surface area (Å²) >= 11 is 5.22. The molecule has 0 saturated heterocycles. The molecule has 0 aliphatic heterocycles. The van der Waals surface area contributed by atoms with Crippen LogP contribution in [0.4, 0.5) is 0 Å². The van der Waals surface area contributed by atoms with Crippen LogP contribution in [0, 0.1) is 5.41 Å². The Morgan fingerprint density at radius 3 is 2.25 bits per heavy atom. The second kappa shape index (κ2) is 3.44. The predicted octanol–water partition coefficient (Wildman–Crippen LogP) is 3.83. The van der Waals surface area contributed by atoms with Gasteiger partial charge in [-0.2, -0.15) is 0 Å². The summed E-state index contributed by atoms with van der Waals surface area (Å²) in [7, 11) is 0. The topological polar surface area (TPSA) is 0 Å². The summed E-state index contributed by atoms with van der Waals surface area (Å²) in [6.45, 7) is 6.69. The first kappa shape index (κ1) is 9.53. The lowest BCUT2D eigenvalue weighted by atomic mass is 9.88. The van der Waals surface area contributed by atoms with E-state index in [1.165, 1.54) is 5.56 Å². The van der Waals surface area contributed by atoms with Gasteiger partial charge >= 0.3 is 0 Å². The van der Waals surface area contributed by atoms with Crippen LogP contribution in [0.5, 0.6) is 0 Å². The van der Waals surface area contributed by atoms with Crippen molar-refractivity contribution in [2.45, 2.75) is 32.1 Å². The maximum atomic E-state index is 5.22. The van der Waals surface area contributed by atoms with Gasteiger partial charge in [-0.25, -0.2) is 0 Å². The molecule has 65 valence electrons. The van der Waals surface area contributed by atoms with Gasteiger partial charge in [0.2, 0.25) is 0 Å². The fourth-order valence-electron chi connectivity index (χ4n) is 1.22. The molecule has 0 saturated carbocycles. The Morgan fingerprint density at radius 2 is 1.75 bits per heavy atom. The van der Waals surface area contributed by atoms with Gasteiger partial charge in [-0.05, 0) is 23.5 Å². The standard InChI is InChI=1S/C11H15S/c1-11(2,3)8-9-6-4-5-7-10(9)12/h4-7H,8H2,1-3H3. The van der Waals surface area contributed by atoms with Crippen molar-refractivity contribution in [3.8, 4) is 0 Å². The molecular formula is C11H15S. The SMILES string of the molecule is CC(C)(C)Cc1ccccc1[S]. The lowest BCUT2D eigenvalue weighted by Gasteiger charge is -2.18. The molecule has 0 nitrogen and oxygen atoms in total. The number of rotatable bonds is 1. The first-order valence-corrected chi connectivity index (χ1v) is 4.65.